The molecular formula is C12H19N3O4S. The van der Waals surface area contributed by atoms with Gasteiger partial charge in [0.05, 0.1) is 5.92 Å². The number of carbonyl (C=O) groups is 1. The van der Waals surface area contributed by atoms with Gasteiger partial charge in [0.15, 0.2) is 5.03 Å². The highest BCUT2D eigenvalue weighted by Gasteiger charge is 2.30. The molecule has 2 N–H and O–H groups in total. The number of sulfonamides is 1. The lowest BCUT2D eigenvalue weighted by Gasteiger charge is -2.26. The Morgan fingerprint density at radius 2 is 2.20 bits per heavy atom. The normalized spacial score (nSPS) is 23.7. The molecule has 1 aliphatic carbocycles. The van der Waals surface area contributed by atoms with E-state index in [4.69, 9.17) is 5.11 Å². The van der Waals surface area contributed by atoms with Crippen molar-refractivity contribution >= 4 is 16.0 Å². The molecule has 7 nitrogen and oxygen atoms in total. The summed E-state index contributed by atoms with van der Waals surface area (Å²) in [6, 6.07) is -0.336. The largest absolute Gasteiger partial charge is 0.481 e. The number of imidazole rings is 1. The second-order valence-electron chi connectivity index (χ2n) is 5.26. The monoisotopic (exact) mass is 301 g/mol. The van der Waals surface area contributed by atoms with E-state index in [0.29, 0.717) is 31.5 Å². The molecule has 0 radical (unpaired) electrons. The molecule has 2 unspecified atom stereocenters. The van der Waals surface area contributed by atoms with Crippen molar-refractivity contribution in [3.05, 3.63) is 12.0 Å². The van der Waals surface area contributed by atoms with Crippen LogP contribution in [0.25, 0.3) is 0 Å². The molecule has 1 aliphatic rings. The first-order chi connectivity index (χ1) is 9.29. The van der Waals surface area contributed by atoms with Gasteiger partial charge in [-0.15, -0.1) is 0 Å². The first-order valence-corrected chi connectivity index (χ1v) is 8.03. The fourth-order valence-electron chi connectivity index (χ4n) is 2.46. The number of aromatic nitrogens is 2. The van der Waals surface area contributed by atoms with Crippen molar-refractivity contribution in [2.75, 3.05) is 0 Å². The lowest BCUT2D eigenvalue weighted by molar-refractivity contribution is -0.143. The zero-order chi connectivity index (χ0) is 14.9. The molecule has 1 heterocycles. The summed E-state index contributed by atoms with van der Waals surface area (Å²) in [4.78, 5) is 15.0. The molecule has 1 saturated carbocycles. The van der Waals surface area contributed by atoms with Crippen LogP contribution in [-0.2, 0) is 21.9 Å². The number of hydrogen-bond acceptors (Lipinski definition) is 4. The van der Waals surface area contributed by atoms with Crippen LogP contribution in [0.4, 0.5) is 0 Å². The summed E-state index contributed by atoms with van der Waals surface area (Å²) < 4.78 is 28.6. The van der Waals surface area contributed by atoms with Gasteiger partial charge in [-0.05, 0) is 26.2 Å². The number of aryl methyl sites for hydroxylation is 2. The van der Waals surface area contributed by atoms with E-state index in [9.17, 15) is 13.2 Å². The van der Waals surface area contributed by atoms with Crippen molar-refractivity contribution in [1.29, 1.82) is 0 Å². The first-order valence-electron chi connectivity index (χ1n) is 6.54. The van der Waals surface area contributed by atoms with Crippen molar-refractivity contribution in [3.63, 3.8) is 0 Å². The minimum Gasteiger partial charge on any atom is -0.481 e. The van der Waals surface area contributed by atoms with E-state index in [1.807, 2.05) is 0 Å². The fourth-order valence-corrected chi connectivity index (χ4v) is 3.78. The molecule has 2 rings (SSSR count). The number of hydrogen-bond donors (Lipinski definition) is 2. The third-order valence-corrected chi connectivity index (χ3v) is 5.10. The van der Waals surface area contributed by atoms with E-state index in [2.05, 4.69) is 9.71 Å². The Morgan fingerprint density at radius 3 is 2.75 bits per heavy atom. The van der Waals surface area contributed by atoms with Crippen LogP contribution < -0.4 is 4.72 Å². The van der Waals surface area contributed by atoms with Crippen LogP contribution >= 0.6 is 0 Å². The molecule has 2 atom stereocenters. The summed E-state index contributed by atoms with van der Waals surface area (Å²) in [6.45, 7) is 1.72. The van der Waals surface area contributed by atoms with Gasteiger partial charge in [-0.25, -0.2) is 18.1 Å². The minimum atomic E-state index is -3.69. The van der Waals surface area contributed by atoms with Crippen LogP contribution in [0.2, 0.25) is 0 Å². The standard InChI is InChI=1S/C12H19N3O4S/c1-8-13-11(7-15(8)2)20(18,19)14-10-5-3-4-9(6-10)12(16)17/h7,9-10,14H,3-6H2,1-2H3,(H,16,17). The van der Waals surface area contributed by atoms with Gasteiger partial charge in [0.1, 0.15) is 5.82 Å². The molecule has 0 saturated heterocycles. The average Bonchev–Trinajstić information content (AvgIpc) is 2.70. The number of aliphatic carboxylic acids is 1. The van der Waals surface area contributed by atoms with Gasteiger partial charge in [0.25, 0.3) is 10.0 Å². The summed E-state index contributed by atoms with van der Waals surface area (Å²) in [7, 11) is -1.96. The van der Waals surface area contributed by atoms with Gasteiger partial charge in [0, 0.05) is 19.3 Å². The smallest absolute Gasteiger partial charge is 0.306 e. The van der Waals surface area contributed by atoms with Crippen molar-refractivity contribution < 1.29 is 18.3 Å². The summed E-state index contributed by atoms with van der Waals surface area (Å²) in [6.07, 6.45) is 3.77. The van der Waals surface area contributed by atoms with Crippen molar-refractivity contribution in [3.8, 4) is 0 Å². The molecule has 112 valence electrons. The molecule has 0 aromatic carbocycles. The van der Waals surface area contributed by atoms with Gasteiger partial charge < -0.3 is 9.67 Å². The summed E-state index contributed by atoms with van der Waals surface area (Å²) in [5, 5.41) is 9.00. The molecule has 0 aliphatic heterocycles. The third kappa shape index (κ3) is 3.18. The van der Waals surface area contributed by atoms with Crippen LogP contribution in [0, 0.1) is 12.8 Å². The van der Waals surface area contributed by atoms with Gasteiger partial charge >= 0.3 is 5.97 Å². The lowest BCUT2D eigenvalue weighted by atomic mass is 9.86. The molecule has 0 bridgehead atoms. The Kier molecular flexibility index (Phi) is 4.14. The van der Waals surface area contributed by atoms with Gasteiger partial charge in [-0.2, -0.15) is 0 Å². The summed E-state index contributed by atoms with van der Waals surface area (Å²) >= 11 is 0. The van der Waals surface area contributed by atoms with Crippen LogP contribution in [-0.4, -0.2) is 35.1 Å². The third-order valence-electron chi connectivity index (χ3n) is 3.71. The number of rotatable bonds is 4. The van der Waals surface area contributed by atoms with Crippen molar-refractivity contribution in [1.82, 2.24) is 14.3 Å². The molecule has 8 heteroatoms. The zero-order valence-electron chi connectivity index (χ0n) is 11.5. The molecular weight excluding hydrogens is 282 g/mol. The van der Waals surface area contributed by atoms with Crippen LogP contribution in [0.5, 0.6) is 0 Å². The highest BCUT2D eigenvalue weighted by Crippen LogP contribution is 2.25. The SMILES string of the molecule is Cc1nc(S(=O)(=O)NC2CCCC(C(=O)O)C2)cn1C. The van der Waals surface area contributed by atoms with E-state index in [1.165, 1.54) is 6.20 Å². The van der Waals surface area contributed by atoms with Crippen LogP contribution in [0.15, 0.2) is 11.2 Å². The Hall–Kier alpha value is -1.41. The van der Waals surface area contributed by atoms with Gasteiger partial charge in [-0.1, -0.05) is 6.42 Å². The minimum absolute atomic E-state index is 0.0186. The quantitative estimate of drug-likeness (QED) is 0.850. The maximum absolute atomic E-state index is 12.2. The number of carboxylic acids is 1. The van der Waals surface area contributed by atoms with E-state index in [1.54, 1.807) is 18.5 Å². The number of carboxylic acid groups (broad SMARTS) is 1. The fraction of sp³-hybridized carbons (Fsp3) is 0.667. The van der Waals surface area contributed by atoms with E-state index in [0.717, 1.165) is 0 Å². The predicted molar refractivity (Wildman–Crippen MR) is 71.6 cm³/mol. The Bertz CT molecular complexity index is 589. The van der Waals surface area contributed by atoms with Crippen molar-refractivity contribution in [2.24, 2.45) is 13.0 Å². The highest BCUT2D eigenvalue weighted by atomic mass is 32.2. The molecule has 1 fully saturated rings. The topological polar surface area (TPSA) is 101 Å². The molecule has 0 amide bonds. The second kappa shape index (κ2) is 5.53. The van der Waals surface area contributed by atoms with E-state index < -0.39 is 21.9 Å². The Labute approximate surface area is 118 Å². The Balaban J connectivity index is 2.10. The number of nitrogens with one attached hydrogen (secondary N) is 1. The molecule has 0 spiro atoms. The molecule has 20 heavy (non-hydrogen) atoms. The van der Waals surface area contributed by atoms with Crippen LogP contribution in [0.3, 0.4) is 0 Å². The zero-order valence-corrected chi connectivity index (χ0v) is 12.4. The summed E-state index contributed by atoms with van der Waals surface area (Å²) in [5.41, 5.74) is 0. The molecule has 1 aromatic rings. The van der Waals surface area contributed by atoms with E-state index in [-0.39, 0.29) is 11.1 Å². The highest BCUT2D eigenvalue weighted by molar-refractivity contribution is 7.89. The maximum Gasteiger partial charge on any atom is 0.306 e. The average molecular weight is 301 g/mol. The molecule has 1 aromatic heterocycles. The second-order valence-corrected chi connectivity index (χ2v) is 6.92. The Morgan fingerprint density at radius 1 is 1.50 bits per heavy atom. The van der Waals surface area contributed by atoms with Crippen LogP contribution in [0.1, 0.15) is 31.5 Å². The number of nitrogens with zero attached hydrogens (tertiary/aromatic N) is 2. The predicted octanol–water partition coefficient (Wildman–Crippen LogP) is 0.650. The summed E-state index contributed by atoms with van der Waals surface area (Å²) in [5.74, 6) is -0.720. The van der Waals surface area contributed by atoms with E-state index >= 15 is 0 Å². The van der Waals surface area contributed by atoms with Crippen molar-refractivity contribution in [2.45, 2.75) is 43.7 Å². The maximum atomic E-state index is 12.2. The lowest BCUT2D eigenvalue weighted by Crippen LogP contribution is -2.40. The first kappa shape index (κ1) is 15.0. The van der Waals surface area contributed by atoms with Gasteiger partial charge in [-0.3, -0.25) is 4.79 Å². The van der Waals surface area contributed by atoms with Gasteiger partial charge in [0.2, 0.25) is 0 Å².